The Morgan fingerprint density at radius 1 is 0.729 bits per heavy atom. The molecule has 0 N–H and O–H groups in total. The van der Waals surface area contributed by atoms with Gasteiger partial charge in [0.15, 0.2) is 0 Å². The minimum atomic E-state index is -1.94. The van der Waals surface area contributed by atoms with Crippen LogP contribution in [0.25, 0.3) is 45.3 Å². The molecule has 0 amide bonds. The van der Waals surface area contributed by atoms with Crippen molar-refractivity contribution in [2.45, 2.75) is 105 Å². The summed E-state index contributed by atoms with van der Waals surface area (Å²) in [6.45, 7) is 25.2. The van der Waals surface area contributed by atoms with Gasteiger partial charge in [-0.15, -0.1) is 27.6 Å². The molecule has 0 saturated carbocycles. The van der Waals surface area contributed by atoms with Crippen LogP contribution in [0.3, 0.4) is 0 Å². The number of fused-ring (bicyclic) bond motifs is 8. The molecule has 0 unspecified atom stereocenters. The van der Waals surface area contributed by atoms with Gasteiger partial charge in [0.2, 0.25) is 0 Å². The molecule has 2 aliphatic heterocycles. The molecule has 1 aromatic carbocycles. The van der Waals surface area contributed by atoms with Crippen molar-refractivity contribution in [3.8, 4) is 22.6 Å². The molecule has 0 atom stereocenters. The smallest absolute Gasteiger partial charge is 0.657 e. The summed E-state index contributed by atoms with van der Waals surface area (Å²) in [6, 6.07) is 17.3. The Balaban J connectivity index is 0.00000451. The van der Waals surface area contributed by atoms with Crippen molar-refractivity contribution in [1.29, 1.82) is 0 Å². The van der Waals surface area contributed by atoms with Crippen LogP contribution in [0.4, 0.5) is 0 Å². The fourth-order valence-corrected chi connectivity index (χ4v) is 13.4. The Bertz CT molecular complexity index is 2090. The Morgan fingerprint density at radius 3 is 2.02 bits per heavy atom. The van der Waals surface area contributed by atoms with Gasteiger partial charge in [-0.25, -0.2) is 4.98 Å². The zero-order chi connectivity index (χ0) is 33.8. The van der Waals surface area contributed by atoms with Crippen LogP contribution in [-0.2, 0) is 31.3 Å². The Labute approximate surface area is 301 Å². The minimum absolute atomic E-state index is 0. The molecule has 48 heavy (non-hydrogen) atoms. The van der Waals surface area contributed by atoms with Crippen LogP contribution in [0.2, 0.25) is 16.6 Å². The summed E-state index contributed by atoms with van der Waals surface area (Å²) in [6.07, 6.45) is 5.06. The van der Waals surface area contributed by atoms with Crippen LogP contribution in [-0.4, -0.2) is 18.0 Å². The Kier molecular flexibility index (Phi) is 10.00. The van der Waals surface area contributed by atoms with Gasteiger partial charge in [0, 0.05) is 28.8 Å². The van der Waals surface area contributed by atoms with E-state index in [2.05, 4.69) is 148 Å². The molecule has 4 aromatic rings. The summed E-state index contributed by atoms with van der Waals surface area (Å²) < 4.78 is 0. The number of benzene rings is 1. The zero-order valence-corrected chi connectivity index (χ0v) is 34.7. The van der Waals surface area contributed by atoms with Gasteiger partial charge >= 0.3 is 19.5 Å². The first-order valence-electron chi connectivity index (χ1n) is 17.1. The van der Waals surface area contributed by atoms with Gasteiger partial charge in [0.05, 0.1) is 11.4 Å². The van der Waals surface area contributed by atoms with Gasteiger partial charge < -0.3 is 9.97 Å². The van der Waals surface area contributed by atoms with Gasteiger partial charge in [-0.3, -0.25) is 4.98 Å². The number of hydrogen-bond acceptors (Lipinski definition) is 2. The van der Waals surface area contributed by atoms with E-state index in [-0.39, 0.29) is 24.9 Å². The number of hydrogen-bond donors (Lipinski definition) is 0. The van der Waals surface area contributed by atoms with Crippen LogP contribution in [0, 0.1) is 32.2 Å². The molecular formula is C42H48N4SiZn. The molecule has 4 nitrogen and oxygen atoms in total. The van der Waals surface area contributed by atoms with Crippen molar-refractivity contribution >= 4 is 42.3 Å². The molecule has 0 saturated heterocycles. The Hall–Kier alpha value is -3.52. The summed E-state index contributed by atoms with van der Waals surface area (Å²) >= 11 is 0. The van der Waals surface area contributed by atoms with Crippen molar-refractivity contribution in [3.05, 3.63) is 93.6 Å². The second-order valence-electron chi connectivity index (χ2n) is 15.3. The molecule has 6 rings (SSSR count). The van der Waals surface area contributed by atoms with Crippen LogP contribution in [0.15, 0.2) is 48.5 Å². The van der Waals surface area contributed by atoms with Crippen molar-refractivity contribution < 1.29 is 19.5 Å². The maximum absolute atomic E-state index is 5.21. The average Bonchev–Trinajstić information content (AvgIpc) is 3.74. The maximum atomic E-state index is 5.21. The monoisotopic (exact) mass is 700 g/mol. The van der Waals surface area contributed by atoms with Gasteiger partial charge in [0.25, 0.3) is 0 Å². The van der Waals surface area contributed by atoms with E-state index >= 15 is 0 Å². The van der Waals surface area contributed by atoms with E-state index < -0.39 is 8.07 Å². The minimum Gasteiger partial charge on any atom is -0.657 e. The molecule has 8 bridgehead atoms. The van der Waals surface area contributed by atoms with Gasteiger partial charge in [-0.2, -0.15) is 0 Å². The van der Waals surface area contributed by atoms with E-state index in [0.717, 1.165) is 62.4 Å². The van der Waals surface area contributed by atoms with Crippen molar-refractivity contribution in [2.24, 2.45) is 0 Å². The van der Waals surface area contributed by atoms with Gasteiger partial charge in [-0.1, -0.05) is 109 Å². The Morgan fingerprint density at radius 2 is 1.38 bits per heavy atom. The quantitative estimate of drug-likeness (QED) is 0.138. The molecule has 242 valence electrons. The van der Waals surface area contributed by atoms with E-state index in [1.54, 1.807) is 0 Å². The van der Waals surface area contributed by atoms with Crippen molar-refractivity contribution in [2.75, 3.05) is 0 Å². The van der Waals surface area contributed by atoms with Crippen LogP contribution >= 0.6 is 0 Å². The molecule has 0 radical (unpaired) electrons. The SMILES string of the molecule is Cc1cc(C)c(-c2c3nc(cc4[n-]c(cc5nc(cc6ccc2[n-]6)CC5(C)C)cc4C#C[Si](C(C)C)(C(C)C)C(C)C)C=C3)c(C)c1.[Zn+2]. The van der Waals surface area contributed by atoms with Crippen molar-refractivity contribution in [1.82, 2.24) is 19.9 Å². The summed E-state index contributed by atoms with van der Waals surface area (Å²) in [5.41, 5.74) is 19.8. The number of aromatic nitrogens is 4. The molecule has 0 spiro atoms. The molecule has 6 heteroatoms. The number of nitrogens with zero attached hydrogens (tertiary/aromatic N) is 4. The van der Waals surface area contributed by atoms with E-state index in [9.17, 15) is 0 Å². The summed E-state index contributed by atoms with van der Waals surface area (Å²) in [5.74, 6) is 3.71. The van der Waals surface area contributed by atoms with Crippen LogP contribution < -0.4 is 9.97 Å². The largest absolute Gasteiger partial charge is 2.00 e. The van der Waals surface area contributed by atoms with E-state index in [1.165, 1.54) is 22.3 Å². The third-order valence-electron chi connectivity index (χ3n) is 10.3. The normalized spacial score (nSPS) is 14.0. The second kappa shape index (κ2) is 13.4. The molecule has 5 heterocycles. The third-order valence-corrected chi connectivity index (χ3v) is 16.6. The van der Waals surface area contributed by atoms with E-state index in [1.807, 2.05) is 0 Å². The first-order valence-corrected chi connectivity index (χ1v) is 19.3. The predicted molar refractivity (Wildman–Crippen MR) is 202 cm³/mol. The third kappa shape index (κ3) is 6.57. The van der Waals surface area contributed by atoms with Gasteiger partial charge in [0.1, 0.15) is 8.07 Å². The molecule has 2 aliphatic rings. The number of aryl methyl sites for hydroxylation is 3. The summed E-state index contributed by atoms with van der Waals surface area (Å²) in [4.78, 5) is 20.6. The van der Waals surface area contributed by atoms with Crippen LogP contribution in [0.1, 0.15) is 100 Å². The molecule has 3 aromatic heterocycles. The molecule has 0 aliphatic carbocycles. The topological polar surface area (TPSA) is 54.0 Å². The maximum Gasteiger partial charge on any atom is 2.00 e. The fraction of sp³-hybridized carbons (Fsp3) is 0.381. The van der Waals surface area contributed by atoms with Crippen LogP contribution in [0.5, 0.6) is 0 Å². The molecule has 0 fully saturated rings. The summed E-state index contributed by atoms with van der Waals surface area (Å²) in [5, 5.41) is 0. The fourth-order valence-electron chi connectivity index (χ4n) is 8.15. The average molecular weight is 702 g/mol. The first-order chi connectivity index (χ1) is 22.2. The second-order valence-corrected chi connectivity index (χ2v) is 20.8. The summed E-state index contributed by atoms with van der Waals surface area (Å²) in [7, 11) is -1.94. The zero-order valence-electron chi connectivity index (χ0n) is 30.7. The number of rotatable bonds is 4. The van der Waals surface area contributed by atoms with Crippen molar-refractivity contribution in [3.63, 3.8) is 0 Å². The standard InChI is InChI=1S/C42H48N4Si.Zn/c1-25(2)47(26(3)4,27(5)6)17-16-31-20-34-23-39-42(10,11)24-35(46-39)21-32-12-14-36(43-32)41(40-29(8)18-28(7)19-30(40)9)37-15-13-33(44-37)22-38(31)45-34;/h12-15,18-23,25-27H,24H2,1-11H3;/q-2;+2. The first kappa shape index (κ1) is 35.8. The van der Waals surface area contributed by atoms with E-state index in [0.29, 0.717) is 16.6 Å². The predicted octanol–water partition coefficient (Wildman–Crippen LogP) is 10.4. The van der Waals surface area contributed by atoms with Gasteiger partial charge in [-0.05, 0) is 77.9 Å². The molecular weight excluding hydrogens is 654 g/mol. The van der Waals surface area contributed by atoms with E-state index in [4.69, 9.17) is 19.9 Å².